The van der Waals surface area contributed by atoms with Crippen molar-refractivity contribution in [2.75, 3.05) is 6.61 Å². The largest absolute Gasteiger partial charge is 0.375 e. The van der Waals surface area contributed by atoms with Crippen LogP contribution in [0.1, 0.15) is 46.0 Å². The van der Waals surface area contributed by atoms with Gasteiger partial charge in [-0.25, -0.2) is 0 Å². The summed E-state index contributed by atoms with van der Waals surface area (Å²) in [6.45, 7) is 5.00. The van der Waals surface area contributed by atoms with Crippen molar-refractivity contribution in [1.82, 2.24) is 10.6 Å². The molecule has 0 aromatic carbocycles. The summed E-state index contributed by atoms with van der Waals surface area (Å²) in [5, 5.41) is 5.64. The summed E-state index contributed by atoms with van der Waals surface area (Å²) in [7, 11) is 0. The molecule has 2 aliphatic rings. The highest BCUT2D eigenvalue weighted by Crippen LogP contribution is 2.31. The van der Waals surface area contributed by atoms with Crippen molar-refractivity contribution in [3.8, 4) is 0 Å². The van der Waals surface area contributed by atoms with Crippen LogP contribution >= 0.6 is 0 Å². The van der Waals surface area contributed by atoms with Crippen LogP contribution in [0, 0.1) is 0 Å². The van der Waals surface area contributed by atoms with E-state index in [4.69, 9.17) is 4.74 Å². The molecule has 2 aliphatic heterocycles. The zero-order valence-electron chi connectivity index (χ0n) is 11.1. The second kappa shape index (κ2) is 5.36. The number of ether oxygens (including phenoxy) is 1. The Morgan fingerprint density at radius 1 is 1.39 bits per heavy atom. The number of rotatable bonds is 4. The third kappa shape index (κ3) is 2.72. The van der Waals surface area contributed by atoms with E-state index in [0.29, 0.717) is 0 Å². The quantitative estimate of drug-likeness (QED) is 0.726. The average molecular weight is 254 g/mol. The number of carbonyl (C=O) groups excluding carboxylic acids is 2. The molecule has 0 bridgehead atoms. The fraction of sp³-hybridized carbons (Fsp3) is 0.846. The van der Waals surface area contributed by atoms with Gasteiger partial charge in [-0.15, -0.1) is 0 Å². The summed E-state index contributed by atoms with van der Waals surface area (Å²) in [5.41, 5.74) is -0.0605. The van der Waals surface area contributed by atoms with Crippen molar-refractivity contribution >= 4 is 11.8 Å². The van der Waals surface area contributed by atoms with Crippen molar-refractivity contribution in [3.05, 3.63) is 0 Å². The molecule has 102 valence electrons. The van der Waals surface area contributed by atoms with Gasteiger partial charge in [0, 0.05) is 12.6 Å². The predicted molar refractivity (Wildman–Crippen MR) is 67.0 cm³/mol. The molecule has 2 fully saturated rings. The third-order valence-electron chi connectivity index (χ3n) is 4.19. The molecule has 2 heterocycles. The van der Waals surface area contributed by atoms with Crippen LogP contribution in [-0.4, -0.2) is 36.1 Å². The van der Waals surface area contributed by atoms with Crippen molar-refractivity contribution < 1.29 is 14.3 Å². The highest BCUT2D eigenvalue weighted by Gasteiger charge is 2.38. The maximum atomic E-state index is 11.5. The van der Waals surface area contributed by atoms with E-state index in [9.17, 15) is 9.59 Å². The first-order chi connectivity index (χ1) is 8.58. The average Bonchev–Trinajstić information content (AvgIpc) is 2.68. The monoisotopic (exact) mass is 254 g/mol. The molecule has 5 heteroatoms. The molecular formula is C13H22N2O3. The van der Waals surface area contributed by atoms with Crippen LogP contribution in [0.15, 0.2) is 0 Å². The summed E-state index contributed by atoms with van der Waals surface area (Å²) in [6, 6.07) is -0.0905. The highest BCUT2D eigenvalue weighted by atomic mass is 16.5. The third-order valence-corrected chi connectivity index (χ3v) is 4.19. The molecule has 2 atom stereocenters. The number of hydrogen-bond acceptors (Lipinski definition) is 4. The van der Waals surface area contributed by atoms with Crippen LogP contribution in [0.2, 0.25) is 0 Å². The van der Waals surface area contributed by atoms with E-state index in [1.807, 2.05) is 0 Å². The van der Waals surface area contributed by atoms with Crippen molar-refractivity contribution in [3.63, 3.8) is 0 Å². The molecule has 0 aromatic rings. The van der Waals surface area contributed by atoms with Crippen LogP contribution in [0.5, 0.6) is 0 Å². The molecule has 0 radical (unpaired) electrons. The van der Waals surface area contributed by atoms with E-state index in [-0.39, 0.29) is 35.9 Å². The lowest BCUT2D eigenvalue weighted by Gasteiger charge is -2.40. The Labute approximate surface area is 108 Å². The van der Waals surface area contributed by atoms with Gasteiger partial charge in [0.2, 0.25) is 11.8 Å². The van der Waals surface area contributed by atoms with Crippen LogP contribution in [0.4, 0.5) is 0 Å². The molecule has 2 N–H and O–H groups in total. The standard InChI is InChI=1S/C13H22N2O3/c1-3-13(4-2)8-9(5-6-18-13)14-10-7-11(16)15-12(10)17/h9-10,14H,3-8H2,1-2H3,(H,15,16,17). The number of imide groups is 1. The predicted octanol–water partition coefficient (Wildman–Crippen LogP) is 0.729. The first kappa shape index (κ1) is 13.5. The van der Waals surface area contributed by atoms with Gasteiger partial charge in [0.25, 0.3) is 0 Å². The van der Waals surface area contributed by atoms with Gasteiger partial charge in [0.15, 0.2) is 0 Å². The Morgan fingerprint density at radius 3 is 2.67 bits per heavy atom. The Morgan fingerprint density at radius 2 is 2.11 bits per heavy atom. The summed E-state index contributed by atoms with van der Waals surface area (Å²) in [4.78, 5) is 22.7. The zero-order valence-corrected chi connectivity index (χ0v) is 11.1. The van der Waals surface area contributed by atoms with Crippen LogP contribution in [-0.2, 0) is 14.3 Å². The minimum atomic E-state index is -0.355. The molecule has 0 saturated carbocycles. The van der Waals surface area contributed by atoms with Gasteiger partial charge in [-0.3, -0.25) is 14.9 Å². The van der Waals surface area contributed by atoms with Crippen molar-refractivity contribution in [2.45, 2.75) is 63.6 Å². The van der Waals surface area contributed by atoms with Crippen LogP contribution in [0.25, 0.3) is 0 Å². The number of nitrogens with one attached hydrogen (secondary N) is 2. The number of amides is 2. The van der Waals surface area contributed by atoms with Crippen molar-refractivity contribution in [1.29, 1.82) is 0 Å². The van der Waals surface area contributed by atoms with Crippen LogP contribution in [0.3, 0.4) is 0 Å². The van der Waals surface area contributed by atoms with Gasteiger partial charge in [0.05, 0.1) is 18.1 Å². The normalized spacial score (nSPS) is 31.4. The minimum absolute atomic E-state index is 0.0605. The zero-order chi connectivity index (χ0) is 13.2. The molecule has 5 nitrogen and oxygen atoms in total. The second-order valence-electron chi connectivity index (χ2n) is 5.26. The molecule has 2 unspecified atom stereocenters. The SMILES string of the molecule is CCC1(CC)CC(NC2CC(=O)NC2=O)CCO1. The Hall–Kier alpha value is -0.940. The summed E-state index contributed by atoms with van der Waals surface area (Å²) >= 11 is 0. The molecule has 2 saturated heterocycles. The van der Waals surface area contributed by atoms with E-state index < -0.39 is 0 Å². The van der Waals surface area contributed by atoms with E-state index >= 15 is 0 Å². The van der Waals surface area contributed by atoms with Gasteiger partial charge < -0.3 is 10.1 Å². The van der Waals surface area contributed by atoms with E-state index in [2.05, 4.69) is 24.5 Å². The summed E-state index contributed by atoms with van der Waals surface area (Å²) in [5.74, 6) is -0.369. The summed E-state index contributed by atoms with van der Waals surface area (Å²) < 4.78 is 5.90. The second-order valence-corrected chi connectivity index (χ2v) is 5.26. The number of carbonyl (C=O) groups is 2. The molecule has 2 rings (SSSR count). The van der Waals surface area contributed by atoms with Gasteiger partial charge >= 0.3 is 0 Å². The van der Waals surface area contributed by atoms with E-state index in [1.54, 1.807) is 0 Å². The molecular weight excluding hydrogens is 232 g/mol. The number of hydrogen-bond donors (Lipinski definition) is 2. The molecule has 18 heavy (non-hydrogen) atoms. The first-order valence-corrected chi connectivity index (χ1v) is 6.82. The molecule has 0 spiro atoms. The van der Waals surface area contributed by atoms with Gasteiger partial charge in [-0.2, -0.15) is 0 Å². The fourth-order valence-corrected chi connectivity index (χ4v) is 2.89. The molecule has 0 aliphatic carbocycles. The minimum Gasteiger partial charge on any atom is -0.375 e. The van der Waals surface area contributed by atoms with Crippen LogP contribution < -0.4 is 10.6 Å². The molecule has 0 aromatic heterocycles. The Kier molecular flexibility index (Phi) is 4.02. The van der Waals surface area contributed by atoms with Gasteiger partial charge in [0.1, 0.15) is 0 Å². The lowest BCUT2D eigenvalue weighted by atomic mass is 9.85. The van der Waals surface area contributed by atoms with Crippen molar-refractivity contribution in [2.24, 2.45) is 0 Å². The highest BCUT2D eigenvalue weighted by molar-refractivity contribution is 6.05. The topological polar surface area (TPSA) is 67.4 Å². The molecule has 2 amide bonds. The fourth-order valence-electron chi connectivity index (χ4n) is 2.89. The van der Waals surface area contributed by atoms with E-state index in [1.165, 1.54) is 0 Å². The lowest BCUT2D eigenvalue weighted by molar-refractivity contribution is -0.125. The van der Waals surface area contributed by atoms with Gasteiger partial charge in [-0.05, 0) is 25.7 Å². The van der Waals surface area contributed by atoms with E-state index in [0.717, 1.165) is 32.3 Å². The smallest absolute Gasteiger partial charge is 0.244 e. The Balaban J connectivity index is 1.93. The summed E-state index contributed by atoms with van der Waals surface area (Å²) in [6.07, 6.45) is 4.05. The maximum absolute atomic E-state index is 11.5. The first-order valence-electron chi connectivity index (χ1n) is 6.82. The maximum Gasteiger partial charge on any atom is 0.244 e. The lowest BCUT2D eigenvalue weighted by Crippen LogP contribution is -2.50. The van der Waals surface area contributed by atoms with Gasteiger partial charge in [-0.1, -0.05) is 13.8 Å². The Bertz CT molecular complexity index is 339.